The molecule has 0 fully saturated rings. The van der Waals surface area contributed by atoms with Gasteiger partial charge in [0.25, 0.3) is 0 Å². The minimum absolute atomic E-state index is 0.199. The Bertz CT molecular complexity index is 259. The minimum atomic E-state index is -0.220. The van der Waals surface area contributed by atoms with E-state index in [-0.39, 0.29) is 12.1 Å². The zero-order valence-electron chi connectivity index (χ0n) is 12.4. The fourth-order valence-electron chi connectivity index (χ4n) is 1.84. The van der Waals surface area contributed by atoms with Crippen LogP contribution < -0.4 is 0 Å². The highest BCUT2D eigenvalue weighted by molar-refractivity contribution is 5.93. The Morgan fingerprint density at radius 1 is 0.778 bits per heavy atom. The van der Waals surface area contributed by atoms with Crippen LogP contribution in [0.4, 0.5) is 9.59 Å². The van der Waals surface area contributed by atoms with Gasteiger partial charge in [-0.15, -0.1) is 0 Å². The van der Waals surface area contributed by atoms with Gasteiger partial charge >= 0.3 is 12.1 Å². The topological polar surface area (TPSA) is 43.9 Å². The van der Waals surface area contributed by atoms with Crippen molar-refractivity contribution in [1.29, 1.82) is 0 Å². The van der Waals surface area contributed by atoms with Gasteiger partial charge in [0, 0.05) is 33.2 Å². The van der Waals surface area contributed by atoms with Gasteiger partial charge in [-0.3, -0.25) is 0 Å². The zero-order chi connectivity index (χ0) is 14.1. The molecule has 0 aromatic carbocycles. The SMILES string of the molecule is CCCN(CCC)C(=O)N(C)C(=O)N(CC)CC. The van der Waals surface area contributed by atoms with Crippen molar-refractivity contribution in [2.45, 2.75) is 40.5 Å². The van der Waals surface area contributed by atoms with Gasteiger partial charge in [0.2, 0.25) is 0 Å². The number of hydrogen-bond acceptors (Lipinski definition) is 2. The van der Waals surface area contributed by atoms with Crippen molar-refractivity contribution in [2.75, 3.05) is 33.2 Å². The molecule has 0 N–H and O–H groups in total. The summed E-state index contributed by atoms with van der Waals surface area (Å²) in [6, 6.07) is -0.419. The molecule has 0 radical (unpaired) electrons. The van der Waals surface area contributed by atoms with E-state index in [0.29, 0.717) is 26.2 Å². The predicted molar refractivity (Wildman–Crippen MR) is 73.6 cm³/mol. The van der Waals surface area contributed by atoms with Crippen LogP contribution >= 0.6 is 0 Å². The highest BCUT2D eigenvalue weighted by Crippen LogP contribution is 2.04. The molecule has 0 aliphatic rings. The van der Waals surface area contributed by atoms with E-state index in [0.717, 1.165) is 12.8 Å². The van der Waals surface area contributed by atoms with Crippen molar-refractivity contribution < 1.29 is 9.59 Å². The number of amides is 4. The molecule has 0 spiro atoms. The lowest BCUT2D eigenvalue weighted by atomic mass is 10.3. The second-order valence-corrected chi connectivity index (χ2v) is 4.28. The summed E-state index contributed by atoms with van der Waals surface area (Å²) in [5, 5.41) is 0. The van der Waals surface area contributed by atoms with Crippen molar-refractivity contribution in [1.82, 2.24) is 14.7 Å². The molecule has 0 saturated carbocycles. The molecule has 4 amide bonds. The monoisotopic (exact) mass is 257 g/mol. The first-order valence-corrected chi connectivity index (χ1v) is 6.84. The molecule has 0 bridgehead atoms. The molecule has 0 aliphatic carbocycles. The van der Waals surface area contributed by atoms with Crippen LogP contribution in [0.5, 0.6) is 0 Å². The molecule has 0 aromatic heterocycles. The second-order valence-electron chi connectivity index (χ2n) is 4.28. The van der Waals surface area contributed by atoms with Crippen LogP contribution in [0.25, 0.3) is 0 Å². The largest absolute Gasteiger partial charge is 0.327 e. The molecule has 0 aliphatic heterocycles. The van der Waals surface area contributed by atoms with Crippen LogP contribution in [0.2, 0.25) is 0 Å². The van der Waals surface area contributed by atoms with E-state index >= 15 is 0 Å². The summed E-state index contributed by atoms with van der Waals surface area (Å²) >= 11 is 0. The third kappa shape index (κ3) is 4.55. The zero-order valence-corrected chi connectivity index (χ0v) is 12.4. The molecule has 0 unspecified atom stereocenters. The summed E-state index contributed by atoms with van der Waals surface area (Å²) in [7, 11) is 1.56. The maximum absolute atomic E-state index is 12.2. The summed E-state index contributed by atoms with van der Waals surface area (Å²) in [5.41, 5.74) is 0. The first-order chi connectivity index (χ1) is 8.53. The van der Waals surface area contributed by atoms with Gasteiger partial charge in [-0.1, -0.05) is 13.8 Å². The van der Waals surface area contributed by atoms with Crippen LogP contribution in [0.1, 0.15) is 40.5 Å². The Balaban J connectivity index is 4.67. The lowest BCUT2D eigenvalue weighted by molar-refractivity contribution is 0.144. The van der Waals surface area contributed by atoms with Crippen LogP contribution in [0.15, 0.2) is 0 Å². The van der Waals surface area contributed by atoms with E-state index in [1.165, 1.54) is 4.90 Å². The van der Waals surface area contributed by atoms with E-state index in [1.807, 2.05) is 27.7 Å². The average molecular weight is 257 g/mol. The van der Waals surface area contributed by atoms with E-state index in [2.05, 4.69) is 0 Å². The normalized spacial score (nSPS) is 10.1. The van der Waals surface area contributed by atoms with E-state index < -0.39 is 0 Å². The van der Waals surface area contributed by atoms with Crippen molar-refractivity contribution in [3.8, 4) is 0 Å². The Hall–Kier alpha value is -1.26. The number of nitrogens with zero attached hydrogens (tertiary/aromatic N) is 3. The standard InChI is InChI=1S/C13H27N3O2/c1-6-10-16(11-7-2)13(18)14(5)12(17)15(8-3)9-4/h6-11H2,1-5H3. The van der Waals surface area contributed by atoms with Crippen molar-refractivity contribution in [3.05, 3.63) is 0 Å². The maximum Gasteiger partial charge on any atom is 0.327 e. The average Bonchev–Trinajstić information content (AvgIpc) is 2.38. The van der Waals surface area contributed by atoms with Crippen molar-refractivity contribution >= 4 is 12.1 Å². The summed E-state index contributed by atoms with van der Waals surface area (Å²) in [6.07, 6.45) is 1.80. The second kappa shape index (κ2) is 8.78. The number of imide groups is 1. The molecule has 0 heterocycles. The van der Waals surface area contributed by atoms with Gasteiger partial charge < -0.3 is 9.80 Å². The summed E-state index contributed by atoms with van der Waals surface area (Å²) in [4.78, 5) is 28.9. The third-order valence-electron chi connectivity index (χ3n) is 2.87. The Morgan fingerprint density at radius 2 is 1.17 bits per heavy atom. The molecule has 106 valence electrons. The van der Waals surface area contributed by atoms with E-state index in [1.54, 1.807) is 16.8 Å². The number of hydrogen-bond donors (Lipinski definition) is 0. The fraction of sp³-hybridized carbons (Fsp3) is 0.846. The lowest BCUT2D eigenvalue weighted by Gasteiger charge is -2.30. The molecular weight excluding hydrogens is 230 g/mol. The van der Waals surface area contributed by atoms with Gasteiger partial charge in [0.05, 0.1) is 0 Å². The molecule has 0 atom stereocenters. The number of rotatable bonds is 6. The Labute approximate surface area is 111 Å². The molecular formula is C13H27N3O2. The van der Waals surface area contributed by atoms with Crippen molar-refractivity contribution in [2.24, 2.45) is 0 Å². The number of carbonyl (C=O) groups excluding carboxylic acids is 2. The first kappa shape index (κ1) is 16.7. The third-order valence-corrected chi connectivity index (χ3v) is 2.87. The van der Waals surface area contributed by atoms with Crippen LogP contribution in [0, 0.1) is 0 Å². The van der Waals surface area contributed by atoms with Gasteiger partial charge in [0.1, 0.15) is 0 Å². The smallest absolute Gasteiger partial charge is 0.325 e. The van der Waals surface area contributed by atoms with Crippen molar-refractivity contribution in [3.63, 3.8) is 0 Å². The quantitative estimate of drug-likeness (QED) is 0.734. The number of carbonyl (C=O) groups is 2. The molecule has 0 rings (SSSR count). The minimum Gasteiger partial charge on any atom is -0.325 e. The summed E-state index contributed by atoms with van der Waals surface area (Å²) < 4.78 is 0. The summed E-state index contributed by atoms with van der Waals surface area (Å²) in [6.45, 7) is 10.5. The molecule has 18 heavy (non-hydrogen) atoms. The molecule has 5 heteroatoms. The van der Waals surface area contributed by atoms with E-state index in [4.69, 9.17) is 0 Å². The lowest BCUT2D eigenvalue weighted by Crippen LogP contribution is -2.49. The van der Waals surface area contributed by atoms with Gasteiger partial charge in [-0.25, -0.2) is 14.5 Å². The fourth-order valence-corrected chi connectivity index (χ4v) is 1.84. The maximum atomic E-state index is 12.2. The summed E-state index contributed by atoms with van der Waals surface area (Å²) in [5.74, 6) is 0. The van der Waals surface area contributed by atoms with Gasteiger partial charge in [-0.2, -0.15) is 0 Å². The highest BCUT2D eigenvalue weighted by Gasteiger charge is 2.24. The Kier molecular flexibility index (Phi) is 8.16. The molecule has 5 nitrogen and oxygen atoms in total. The van der Waals surface area contributed by atoms with Crippen LogP contribution in [0.3, 0.4) is 0 Å². The predicted octanol–water partition coefficient (Wildman–Crippen LogP) is 2.62. The van der Waals surface area contributed by atoms with Crippen LogP contribution in [-0.4, -0.2) is 60.0 Å². The highest BCUT2D eigenvalue weighted by atomic mass is 16.2. The Morgan fingerprint density at radius 3 is 1.50 bits per heavy atom. The van der Waals surface area contributed by atoms with Gasteiger partial charge in [0.15, 0.2) is 0 Å². The van der Waals surface area contributed by atoms with E-state index in [9.17, 15) is 9.59 Å². The van der Waals surface area contributed by atoms with Crippen LogP contribution in [-0.2, 0) is 0 Å². The molecule has 0 saturated heterocycles. The first-order valence-electron chi connectivity index (χ1n) is 6.84. The van der Waals surface area contributed by atoms with Gasteiger partial charge in [-0.05, 0) is 26.7 Å². The molecule has 0 aromatic rings. The number of urea groups is 2.